The lowest BCUT2D eigenvalue weighted by molar-refractivity contribution is -0.152. The van der Waals surface area contributed by atoms with Gasteiger partial charge in [-0.2, -0.15) is 0 Å². The molecule has 3 rings (SSSR count). The van der Waals surface area contributed by atoms with E-state index in [0.29, 0.717) is 23.7 Å². The first-order valence-electron chi connectivity index (χ1n) is 17.3. The molecule has 0 unspecified atom stereocenters. The zero-order chi connectivity index (χ0) is 38.5. The van der Waals surface area contributed by atoms with Crippen LogP contribution in [0.4, 0.5) is 0 Å². The minimum atomic E-state index is -0.964. The van der Waals surface area contributed by atoms with Gasteiger partial charge in [0.25, 0.3) is 0 Å². The van der Waals surface area contributed by atoms with Crippen LogP contribution in [0, 0.1) is 5.92 Å². The van der Waals surface area contributed by atoms with Gasteiger partial charge in [-0.15, -0.1) is 11.3 Å². The number of rotatable bonds is 18. The summed E-state index contributed by atoms with van der Waals surface area (Å²) in [5, 5.41) is 5.61. The van der Waals surface area contributed by atoms with Crippen molar-refractivity contribution in [1.29, 1.82) is 0 Å². The molecule has 282 valence electrons. The van der Waals surface area contributed by atoms with Crippen LogP contribution < -0.4 is 14.8 Å². The van der Waals surface area contributed by atoms with Crippen LogP contribution in [0.15, 0.2) is 71.9 Å². The van der Waals surface area contributed by atoms with Gasteiger partial charge in [0.05, 0.1) is 27.4 Å². The van der Waals surface area contributed by atoms with Gasteiger partial charge in [-0.1, -0.05) is 45.0 Å². The molecule has 4 amide bonds. The Morgan fingerprint density at radius 2 is 1.33 bits per heavy atom. The van der Waals surface area contributed by atoms with Gasteiger partial charge in [-0.25, -0.2) is 4.98 Å². The number of carbonyl (C=O) groups excluding carboxylic acids is 4. The third kappa shape index (κ3) is 10.8. The third-order valence-corrected chi connectivity index (χ3v) is 10.1. The first-order chi connectivity index (χ1) is 24.8. The van der Waals surface area contributed by atoms with E-state index in [9.17, 15) is 19.2 Å². The second-order valence-corrected chi connectivity index (χ2v) is 13.9. The zero-order valence-corrected chi connectivity index (χ0v) is 32.7. The van der Waals surface area contributed by atoms with Crippen molar-refractivity contribution >= 4 is 35.0 Å². The average Bonchev–Trinajstić information content (AvgIpc) is 3.70. The SMILES string of the molecule is CC/C(=C\C(=O)N(C)[C@@H](Cc1ccc(OC)cc1)C(=O)N(C)[C@H](C(=O)N(C)[C@@H](Cc1ccc(OC)cc1)C(=O)N[C@@H](C)c1nccs1)C(C)C)OC. The van der Waals surface area contributed by atoms with E-state index in [4.69, 9.17) is 14.2 Å². The average molecular weight is 736 g/mol. The van der Waals surface area contributed by atoms with Gasteiger partial charge in [0.15, 0.2) is 0 Å². The Bertz CT molecular complexity index is 1640. The van der Waals surface area contributed by atoms with Gasteiger partial charge < -0.3 is 34.2 Å². The van der Waals surface area contributed by atoms with Crippen molar-refractivity contribution < 1.29 is 33.4 Å². The topological polar surface area (TPSA) is 131 Å². The molecule has 0 aliphatic rings. The molecule has 0 aliphatic carbocycles. The maximum absolute atomic E-state index is 14.6. The van der Waals surface area contributed by atoms with Crippen LogP contribution in [-0.2, 0) is 36.8 Å². The predicted molar refractivity (Wildman–Crippen MR) is 202 cm³/mol. The number of amides is 4. The Balaban J connectivity index is 1.98. The zero-order valence-electron chi connectivity index (χ0n) is 31.9. The first kappa shape index (κ1) is 41.5. The molecule has 2 aromatic carbocycles. The quantitative estimate of drug-likeness (QED) is 0.144. The molecule has 52 heavy (non-hydrogen) atoms. The van der Waals surface area contributed by atoms with Crippen LogP contribution >= 0.6 is 11.3 Å². The van der Waals surface area contributed by atoms with E-state index in [0.717, 1.165) is 16.1 Å². The van der Waals surface area contributed by atoms with Crippen LogP contribution in [0.3, 0.4) is 0 Å². The number of hydrogen-bond donors (Lipinski definition) is 1. The Kier molecular flexibility index (Phi) is 15.7. The molecule has 1 heterocycles. The van der Waals surface area contributed by atoms with E-state index in [2.05, 4.69) is 10.3 Å². The molecule has 12 nitrogen and oxygen atoms in total. The van der Waals surface area contributed by atoms with Crippen molar-refractivity contribution in [2.45, 2.75) is 71.1 Å². The standard InChI is InChI=1S/C39H53N5O7S/c1-11-29(49-8)24-34(45)42(5)33(23-28-14-18-31(51-10)19-15-28)38(47)44(7)35(25(2)3)39(48)43(6)32(22-27-12-16-30(50-9)17-13-27)36(46)41-26(4)37-40-20-21-52-37/h12-21,24-26,32-33,35H,11,22-23H2,1-10H3,(H,41,46)/b29-24+/t26-,32-,33-,35-/m0/s1. The molecule has 0 bridgehead atoms. The number of carbonyl (C=O) groups is 4. The third-order valence-electron chi connectivity index (χ3n) is 9.12. The lowest BCUT2D eigenvalue weighted by atomic mass is 9.96. The van der Waals surface area contributed by atoms with Crippen LogP contribution in [-0.4, -0.2) is 104 Å². The van der Waals surface area contributed by atoms with Crippen molar-refractivity contribution in [3.05, 3.63) is 88.1 Å². The van der Waals surface area contributed by atoms with E-state index in [1.807, 2.05) is 57.3 Å². The first-order valence-corrected chi connectivity index (χ1v) is 18.1. The number of benzene rings is 2. The highest BCUT2D eigenvalue weighted by atomic mass is 32.1. The van der Waals surface area contributed by atoms with Gasteiger partial charge in [-0.05, 0) is 48.2 Å². The van der Waals surface area contributed by atoms with E-state index in [-0.39, 0.29) is 30.7 Å². The summed E-state index contributed by atoms with van der Waals surface area (Å²) in [5.74, 6) is -0.141. The number of thiazole rings is 1. The molecule has 0 spiro atoms. The highest BCUT2D eigenvalue weighted by molar-refractivity contribution is 7.09. The van der Waals surface area contributed by atoms with E-state index in [1.54, 1.807) is 65.8 Å². The second-order valence-electron chi connectivity index (χ2n) is 12.9. The van der Waals surface area contributed by atoms with E-state index < -0.39 is 35.8 Å². The summed E-state index contributed by atoms with van der Waals surface area (Å²) >= 11 is 1.43. The molecule has 13 heteroatoms. The lowest BCUT2D eigenvalue weighted by Gasteiger charge is -2.39. The maximum atomic E-state index is 14.6. The number of allylic oxidation sites excluding steroid dienone is 1. The molecule has 1 N–H and O–H groups in total. The Labute approximate surface area is 311 Å². The number of nitrogens with zero attached hydrogens (tertiary/aromatic N) is 4. The molecule has 0 saturated heterocycles. The van der Waals surface area contributed by atoms with Crippen LogP contribution in [0.25, 0.3) is 0 Å². The van der Waals surface area contributed by atoms with E-state index in [1.165, 1.54) is 39.2 Å². The van der Waals surface area contributed by atoms with Gasteiger partial charge in [0.1, 0.15) is 40.4 Å². The Morgan fingerprint density at radius 3 is 1.77 bits per heavy atom. The molecular formula is C39H53N5O7S. The summed E-state index contributed by atoms with van der Waals surface area (Å²) < 4.78 is 15.9. The Morgan fingerprint density at radius 1 is 0.788 bits per heavy atom. The van der Waals surface area contributed by atoms with Gasteiger partial charge >= 0.3 is 0 Å². The van der Waals surface area contributed by atoms with Crippen molar-refractivity contribution in [2.75, 3.05) is 42.5 Å². The summed E-state index contributed by atoms with van der Waals surface area (Å²) in [6.45, 7) is 7.42. The van der Waals surface area contributed by atoms with Crippen LogP contribution in [0.5, 0.6) is 11.5 Å². The molecule has 3 aromatic rings. The largest absolute Gasteiger partial charge is 0.501 e. The summed E-state index contributed by atoms with van der Waals surface area (Å²) in [5.41, 5.74) is 1.62. The Hall–Kier alpha value is -4.91. The van der Waals surface area contributed by atoms with E-state index >= 15 is 0 Å². The number of hydrogen-bond acceptors (Lipinski definition) is 9. The lowest BCUT2D eigenvalue weighted by Crippen LogP contribution is -2.59. The molecule has 0 saturated carbocycles. The second kappa shape index (κ2) is 19.6. The van der Waals surface area contributed by atoms with Crippen LogP contribution in [0.2, 0.25) is 0 Å². The number of aromatic nitrogens is 1. The maximum Gasteiger partial charge on any atom is 0.250 e. The fourth-order valence-electron chi connectivity index (χ4n) is 5.92. The summed E-state index contributed by atoms with van der Waals surface area (Å²) in [4.78, 5) is 65.1. The van der Waals surface area contributed by atoms with Crippen molar-refractivity contribution in [1.82, 2.24) is 25.0 Å². The smallest absolute Gasteiger partial charge is 0.250 e. The summed E-state index contributed by atoms with van der Waals surface area (Å²) in [6.07, 6.45) is 3.95. The van der Waals surface area contributed by atoms with Crippen molar-refractivity contribution in [3.8, 4) is 11.5 Å². The fourth-order valence-corrected chi connectivity index (χ4v) is 6.56. The molecule has 4 atom stereocenters. The summed E-state index contributed by atoms with van der Waals surface area (Å²) in [7, 11) is 9.37. The predicted octanol–water partition coefficient (Wildman–Crippen LogP) is 4.90. The highest BCUT2D eigenvalue weighted by Crippen LogP contribution is 2.23. The molecule has 1 aromatic heterocycles. The minimum absolute atomic E-state index is 0.184. The minimum Gasteiger partial charge on any atom is -0.501 e. The monoisotopic (exact) mass is 735 g/mol. The van der Waals surface area contributed by atoms with Crippen LogP contribution in [0.1, 0.15) is 56.3 Å². The highest BCUT2D eigenvalue weighted by Gasteiger charge is 2.40. The number of methoxy groups -OCH3 is 3. The number of ether oxygens (including phenoxy) is 3. The molecule has 0 fully saturated rings. The summed E-state index contributed by atoms with van der Waals surface area (Å²) in [6, 6.07) is 11.4. The molecular weight excluding hydrogens is 683 g/mol. The van der Waals surface area contributed by atoms with Gasteiger partial charge in [-0.3, -0.25) is 19.2 Å². The molecule has 0 aliphatic heterocycles. The number of nitrogens with one attached hydrogen (secondary N) is 1. The van der Waals surface area contributed by atoms with Crippen molar-refractivity contribution in [3.63, 3.8) is 0 Å². The van der Waals surface area contributed by atoms with Gasteiger partial charge in [0, 0.05) is 58.1 Å². The number of likely N-dealkylation sites (N-methyl/N-ethyl adjacent to an activating group) is 3. The van der Waals surface area contributed by atoms with Gasteiger partial charge in [0.2, 0.25) is 23.6 Å². The van der Waals surface area contributed by atoms with Crippen molar-refractivity contribution in [2.24, 2.45) is 5.92 Å². The fraction of sp³-hybridized carbons (Fsp3) is 0.462. The normalized spacial score (nSPS) is 13.7. The molecule has 0 radical (unpaired) electrons.